The van der Waals surface area contributed by atoms with Crippen LogP contribution in [0.2, 0.25) is 5.02 Å². The lowest BCUT2D eigenvalue weighted by Crippen LogP contribution is -2.38. The van der Waals surface area contributed by atoms with Crippen molar-refractivity contribution in [1.82, 2.24) is 14.9 Å². The van der Waals surface area contributed by atoms with Gasteiger partial charge in [-0.05, 0) is 49.7 Å². The molecule has 1 fully saturated rings. The number of aromatic nitrogens is 2. The lowest BCUT2D eigenvalue weighted by atomic mass is 9.96. The molecule has 2 aromatic heterocycles. The van der Waals surface area contributed by atoms with Gasteiger partial charge in [-0.2, -0.15) is 4.98 Å². The third kappa shape index (κ3) is 4.37. The maximum atomic E-state index is 11.3. The van der Waals surface area contributed by atoms with Crippen molar-refractivity contribution in [3.63, 3.8) is 0 Å². The maximum Gasteiger partial charge on any atom is 0.281 e. The molecule has 0 atom stereocenters. The first-order valence-electron chi connectivity index (χ1n) is 8.77. The maximum absolute atomic E-state index is 11.3. The van der Waals surface area contributed by atoms with Crippen molar-refractivity contribution in [1.29, 1.82) is 0 Å². The van der Waals surface area contributed by atoms with E-state index in [1.807, 2.05) is 18.2 Å². The molecule has 0 saturated carbocycles. The topological polar surface area (TPSA) is 81.3 Å². The van der Waals surface area contributed by atoms with Gasteiger partial charge in [0.2, 0.25) is 5.91 Å². The van der Waals surface area contributed by atoms with Crippen molar-refractivity contribution in [3.05, 3.63) is 47.1 Å². The van der Waals surface area contributed by atoms with Crippen LogP contribution >= 0.6 is 22.9 Å². The van der Waals surface area contributed by atoms with Crippen molar-refractivity contribution < 1.29 is 9.53 Å². The Morgan fingerprint density at radius 3 is 2.74 bits per heavy atom. The summed E-state index contributed by atoms with van der Waals surface area (Å²) >= 11 is 7.37. The van der Waals surface area contributed by atoms with Gasteiger partial charge < -0.3 is 10.5 Å². The number of ether oxygens (including phenoxy) is 1. The predicted molar refractivity (Wildman–Crippen MR) is 106 cm³/mol. The Labute approximate surface area is 165 Å². The summed E-state index contributed by atoms with van der Waals surface area (Å²) in [6.07, 6.45) is 3.26. The Kier molecular flexibility index (Phi) is 5.24. The molecule has 3 aromatic rings. The number of piperidine rings is 1. The van der Waals surface area contributed by atoms with Gasteiger partial charge in [-0.15, -0.1) is 0 Å². The van der Waals surface area contributed by atoms with E-state index in [0.29, 0.717) is 15.9 Å². The number of carbonyl (C=O) groups excluding carboxylic acids is 1. The van der Waals surface area contributed by atoms with Crippen molar-refractivity contribution >= 4 is 39.2 Å². The zero-order chi connectivity index (χ0) is 18.8. The van der Waals surface area contributed by atoms with Crippen LogP contribution in [0.3, 0.4) is 0 Å². The van der Waals surface area contributed by atoms with Gasteiger partial charge in [0, 0.05) is 18.7 Å². The van der Waals surface area contributed by atoms with Gasteiger partial charge in [-0.25, -0.2) is 4.98 Å². The van der Waals surface area contributed by atoms with Gasteiger partial charge in [-0.1, -0.05) is 35.1 Å². The standard InChI is InChI=1S/C19H19ClN4O2S/c20-14-9-16-18(22-10-14)23-19(27-16)26-15-3-1-12(2-4-15)11-24-7-5-13(6-8-24)17(21)25/h1-4,9-10,13H,5-8,11H2,(H2,21,25). The van der Waals surface area contributed by atoms with Crippen LogP contribution in [0.5, 0.6) is 10.9 Å². The molecular formula is C19H19ClN4O2S. The molecule has 0 aliphatic carbocycles. The van der Waals surface area contributed by atoms with Crippen LogP contribution in [0.1, 0.15) is 18.4 Å². The van der Waals surface area contributed by atoms with E-state index in [-0.39, 0.29) is 11.8 Å². The number of nitrogens with two attached hydrogens (primary N) is 1. The number of carbonyl (C=O) groups is 1. The summed E-state index contributed by atoms with van der Waals surface area (Å²) in [5.41, 5.74) is 7.23. The first-order valence-corrected chi connectivity index (χ1v) is 9.97. The predicted octanol–water partition coefficient (Wildman–Crippen LogP) is 3.83. The van der Waals surface area contributed by atoms with E-state index in [1.165, 1.54) is 16.9 Å². The number of fused-ring (bicyclic) bond motifs is 1. The van der Waals surface area contributed by atoms with Gasteiger partial charge in [0.15, 0.2) is 5.65 Å². The van der Waals surface area contributed by atoms with E-state index in [4.69, 9.17) is 22.1 Å². The van der Waals surface area contributed by atoms with Crippen LogP contribution in [0.15, 0.2) is 36.5 Å². The number of thiazole rings is 1. The molecule has 0 bridgehead atoms. The fraction of sp³-hybridized carbons (Fsp3) is 0.316. The monoisotopic (exact) mass is 402 g/mol. The SMILES string of the molecule is NC(=O)C1CCN(Cc2ccc(Oc3nc4ncc(Cl)cc4s3)cc2)CC1. The summed E-state index contributed by atoms with van der Waals surface area (Å²) in [4.78, 5) is 22.2. The molecule has 1 aliphatic rings. The summed E-state index contributed by atoms with van der Waals surface area (Å²) in [5, 5.41) is 1.13. The first kappa shape index (κ1) is 18.2. The van der Waals surface area contributed by atoms with Crippen LogP contribution in [-0.4, -0.2) is 33.9 Å². The second kappa shape index (κ2) is 7.80. The Balaban J connectivity index is 1.36. The smallest absolute Gasteiger partial charge is 0.281 e. The molecule has 8 heteroatoms. The van der Waals surface area contributed by atoms with Crippen molar-refractivity contribution in [2.45, 2.75) is 19.4 Å². The number of likely N-dealkylation sites (tertiary alicyclic amines) is 1. The van der Waals surface area contributed by atoms with E-state index in [0.717, 1.165) is 42.9 Å². The third-order valence-electron chi connectivity index (χ3n) is 4.72. The summed E-state index contributed by atoms with van der Waals surface area (Å²) in [7, 11) is 0. The van der Waals surface area contributed by atoms with Crippen LogP contribution < -0.4 is 10.5 Å². The highest BCUT2D eigenvalue weighted by atomic mass is 35.5. The minimum atomic E-state index is -0.177. The molecule has 0 spiro atoms. The number of hydrogen-bond donors (Lipinski definition) is 1. The number of amides is 1. The summed E-state index contributed by atoms with van der Waals surface area (Å²) in [6, 6.07) is 9.82. The molecule has 4 rings (SSSR count). The third-order valence-corrected chi connectivity index (χ3v) is 5.79. The quantitative estimate of drug-likeness (QED) is 0.701. The summed E-state index contributed by atoms with van der Waals surface area (Å²) < 4.78 is 6.74. The lowest BCUT2D eigenvalue weighted by molar-refractivity contribution is -0.123. The zero-order valence-corrected chi connectivity index (χ0v) is 16.2. The average Bonchev–Trinajstić information content (AvgIpc) is 3.05. The zero-order valence-electron chi connectivity index (χ0n) is 14.6. The fourth-order valence-corrected chi connectivity index (χ4v) is 4.27. The summed E-state index contributed by atoms with van der Waals surface area (Å²) in [5.74, 6) is 0.579. The van der Waals surface area contributed by atoms with Gasteiger partial charge in [0.1, 0.15) is 5.75 Å². The molecule has 1 saturated heterocycles. The Hall–Kier alpha value is -2.22. The van der Waals surface area contributed by atoms with Crippen molar-refractivity contribution in [2.24, 2.45) is 11.7 Å². The van der Waals surface area contributed by atoms with Crippen molar-refractivity contribution in [2.75, 3.05) is 13.1 Å². The first-order chi connectivity index (χ1) is 13.1. The lowest BCUT2D eigenvalue weighted by Gasteiger charge is -2.30. The summed E-state index contributed by atoms with van der Waals surface area (Å²) in [6.45, 7) is 2.65. The molecule has 1 amide bonds. The molecule has 0 radical (unpaired) electrons. The molecule has 140 valence electrons. The molecule has 3 heterocycles. The van der Waals surface area contributed by atoms with E-state index in [2.05, 4.69) is 27.0 Å². The number of benzene rings is 1. The van der Waals surface area contributed by atoms with Gasteiger partial charge >= 0.3 is 0 Å². The number of rotatable bonds is 5. The molecular weight excluding hydrogens is 384 g/mol. The van der Waals surface area contributed by atoms with Crippen LogP contribution in [0.4, 0.5) is 0 Å². The minimum Gasteiger partial charge on any atom is -0.431 e. The van der Waals surface area contributed by atoms with E-state index in [9.17, 15) is 4.79 Å². The molecule has 2 N–H and O–H groups in total. The normalized spacial score (nSPS) is 15.9. The number of pyridine rings is 1. The molecule has 6 nitrogen and oxygen atoms in total. The highest BCUT2D eigenvalue weighted by molar-refractivity contribution is 7.20. The van der Waals surface area contributed by atoms with E-state index < -0.39 is 0 Å². The second-order valence-corrected chi connectivity index (χ2v) is 8.08. The average molecular weight is 403 g/mol. The molecule has 27 heavy (non-hydrogen) atoms. The highest BCUT2D eigenvalue weighted by Crippen LogP contribution is 2.31. The fourth-order valence-electron chi connectivity index (χ4n) is 3.22. The second-order valence-electron chi connectivity index (χ2n) is 6.65. The van der Waals surface area contributed by atoms with E-state index in [1.54, 1.807) is 6.20 Å². The molecule has 1 aromatic carbocycles. The van der Waals surface area contributed by atoms with Gasteiger partial charge in [0.25, 0.3) is 5.19 Å². The number of hydrogen-bond acceptors (Lipinski definition) is 6. The van der Waals surface area contributed by atoms with Crippen molar-refractivity contribution in [3.8, 4) is 10.9 Å². The van der Waals surface area contributed by atoms with Crippen LogP contribution in [0, 0.1) is 5.92 Å². The number of halogens is 1. The highest BCUT2D eigenvalue weighted by Gasteiger charge is 2.22. The van der Waals surface area contributed by atoms with E-state index >= 15 is 0 Å². The van der Waals surface area contributed by atoms with Gasteiger partial charge in [0.05, 0.1) is 9.72 Å². The Morgan fingerprint density at radius 2 is 2.04 bits per heavy atom. The number of nitrogens with zero attached hydrogens (tertiary/aromatic N) is 3. The van der Waals surface area contributed by atoms with Crippen LogP contribution in [0.25, 0.3) is 10.3 Å². The Morgan fingerprint density at radius 1 is 1.30 bits per heavy atom. The van der Waals surface area contributed by atoms with Gasteiger partial charge in [-0.3, -0.25) is 9.69 Å². The minimum absolute atomic E-state index is 0.0233. The largest absolute Gasteiger partial charge is 0.431 e. The number of primary amides is 1. The van der Waals surface area contributed by atoms with Crippen LogP contribution in [-0.2, 0) is 11.3 Å². The Bertz CT molecular complexity index is 952. The molecule has 0 unspecified atom stereocenters. The molecule has 1 aliphatic heterocycles.